The van der Waals surface area contributed by atoms with E-state index in [2.05, 4.69) is 21.6 Å². The monoisotopic (exact) mass is 408 g/mol. The van der Waals surface area contributed by atoms with Gasteiger partial charge in [-0.25, -0.2) is 8.42 Å². The standard InChI is InChI=1S/C20H32N4O3S/c1-3-15-28(26,27)21-18-8-6-17(7-9-18)20(25)24-13-11-23(12-14-24)19-5-4-10-22(2)16-19/h6-9,19,21H,3-5,10-16H2,1-2H3. The molecule has 0 aliphatic carbocycles. The lowest BCUT2D eigenvalue weighted by atomic mass is 10.0. The first-order valence-corrected chi connectivity index (χ1v) is 11.9. The van der Waals surface area contributed by atoms with E-state index < -0.39 is 10.0 Å². The SMILES string of the molecule is CCCS(=O)(=O)Nc1ccc(C(=O)N2CCN(C3CCCN(C)C3)CC2)cc1. The van der Waals surface area contributed by atoms with Crippen LogP contribution in [0.2, 0.25) is 0 Å². The minimum Gasteiger partial charge on any atom is -0.336 e. The van der Waals surface area contributed by atoms with E-state index in [-0.39, 0.29) is 11.7 Å². The van der Waals surface area contributed by atoms with Crippen LogP contribution in [0.25, 0.3) is 0 Å². The van der Waals surface area contributed by atoms with Gasteiger partial charge < -0.3 is 9.80 Å². The molecule has 156 valence electrons. The van der Waals surface area contributed by atoms with Gasteiger partial charge in [0.05, 0.1) is 5.75 Å². The number of anilines is 1. The molecule has 0 radical (unpaired) electrons. The van der Waals surface area contributed by atoms with Crippen molar-refractivity contribution in [1.29, 1.82) is 0 Å². The third-order valence-corrected chi connectivity index (χ3v) is 7.09. The van der Waals surface area contributed by atoms with Crippen LogP contribution in [0.3, 0.4) is 0 Å². The third-order valence-electron chi connectivity index (χ3n) is 5.60. The molecule has 0 bridgehead atoms. The maximum atomic E-state index is 12.8. The summed E-state index contributed by atoms with van der Waals surface area (Å²) in [7, 11) is -1.13. The number of nitrogens with zero attached hydrogens (tertiary/aromatic N) is 3. The highest BCUT2D eigenvalue weighted by atomic mass is 32.2. The fraction of sp³-hybridized carbons (Fsp3) is 0.650. The van der Waals surface area contributed by atoms with Gasteiger partial charge in [0.2, 0.25) is 10.0 Å². The summed E-state index contributed by atoms with van der Waals surface area (Å²) in [5.41, 5.74) is 1.10. The molecule has 0 spiro atoms. The molecule has 1 atom stereocenters. The van der Waals surface area contributed by atoms with Crippen molar-refractivity contribution < 1.29 is 13.2 Å². The zero-order valence-corrected chi connectivity index (χ0v) is 17.7. The highest BCUT2D eigenvalue weighted by Gasteiger charge is 2.28. The minimum absolute atomic E-state index is 0.0170. The molecule has 2 heterocycles. The average Bonchev–Trinajstić information content (AvgIpc) is 2.68. The number of likely N-dealkylation sites (N-methyl/N-ethyl adjacent to an activating group) is 1. The zero-order chi connectivity index (χ0) is 20.1. The smallest absolute Gasteiger partial charge is 0.253 e. The summed E-state index contributed by atoms with van der Waals surface area (Å²) in [5, 5.41) is 0. The van der Waals surface area contributed by atoms with E-state index in [1.165, 1.54) is 19.4 Å². The van der Waals surface area contributed by atoms with Crippen molar-refractivity contribution in [2.24, 2.45) is 0 Å². The Kier molecular flexibility index (Phi) is 6.95. The van der Waals surface area contributed by atoms with Gasteiger partial charge in [0, 0.05) is 50.0 Å². The average molecular weight is 409 g/mol. The van der Waals surface area contributed by atoms with Crippen LogP contribution in [0, 0.1) is 0 Å². The first-order valence-electron chi connectivity index (χ1n) is 10.2. The second-order valence-corrected chi connectivity index (χ2v) is 9.73. The van der Waals surface area contributed by atoms with Crippen molar-refractivity contribution >= 4 is 21.6 Å². The quantitative estimate of drug-likeness (QED) is 0.776. The molecule has 1 unspecified atom stereocenters. The Labute approximate surface area is 168 Å². The van der Waals surface area contributed by atoms with Crippen LogP contribution in [0.4, 0.5) is 5.69 Å². The molecule has 28 heavy (non-hydrogen) atoms. The number of nitrogens with one attached hydrogen (secondary N) is 1. The molecule has 1 amide bonds. The number of carbonyl (C=O) groups is 1. The summed E-state index contributed by atoms with van der Waals surface area (Å²) >= 11 is 0. The number of sulfonamides is 1. The van der Waals surface area contributed by atoms with Crippen LogP contribution >= 0.6 is 0 Å². The summed E-state index contributed by atoms with van der Waals surface area (Å²) in [6.45, 7) is 7.43. The largest absolute Gasteiger partial charge is 0.336 e. The van der Waals surface area contributed by atoms with Crippen molar-refractivity contribution in [2.75, 3.05) is 56.8 Å². The van der Waals surface area contributed by atoms with Gasteiger partial charge in [-0.2, -0.15) is 0 Å². The first kappa shape index (κ1) is 21.1. The molecule has 2 saturated heterocycles. The number of hydrogen-bond donors (Lipinski definition) is 1. The van der Waals surface area contributed by atoms with Crippen LogP contribution in [-0.4, -0.2) is 87.1 Å². The van der Waals surface area contributed by atoms with E-state index in [4.69, 9.17) is 0 Å². The normalized spacial score (nSPS) is 22.2. The minimum atomic E-state index is -3.31. The molecular formula is C20H32N4O3S. The molecule has 0 saturated carbocycles. The fourth-order valence-corrected chi connectivity index (χ4v) is 5.22. The second-order valence-electron chi connectivity index (χ2n) is 7.88. The molecule has 8 heteroatoms. The van der Waals surface area contributed by atoms with E-state index in [0.29, 0.717) is 23.7 Å². The predicted octanol–water partition coefficient (Wildman–Crippen LogP) is 1.69. The predicted molar refractivity (Wildman–Crippen MR) is 112 cm³/mol. The number of likely N-dealkylation sites (tertiary alicyclic amines) is 1. The number of piperazine rings is 1. The maximum Gasteiger partial charge on any atom is 0.253 e. The lowest BCUT2D eigenvalue weighted by Gasteiger charge is -2.42. The van der Waals surface area contributed by atoms with Crippen LogP contribution < -0.4 is 4.72 Å². The molecule has 2 fully saturated rings. The van der Waals surface area contributed by atoms with Crippen LogP contribution in [0.15, 0.2) is 24.3 Å². The maximum absolute atomic E-state index is 12.8. The number of rotatable bonds is 6. The summed E-state index contributed by atoms with van der Waals surface area (Å²) < 4.78 is 26.3. The second kappa shape index (κ2) is 9.24. The molecule has 3 rings (SSSR count). The van der Waals surface area contributed by atoms with Crippen LogP contribution in [0.5, 0.6) is 0 Å². The topological polar surface area (TPSA) is 73.0 Å². The van der Waals surface area contributed by atoms with Gasteiger partial charge >= 0.3 is 0 Å². The Morgan fingerprint density at radius 1 is 1.11 bits per heavy atom. The summed E-state index contributed by atoms with van der Waals surface area (Å²) in [6.07, 6.45) is 3.05. The summed E-state index contributed by atoms with van der Waals surface area (Å²) in [5.74, 6) is 0.109. The molecule has 7 nitrogen and oxygen atoms in total. The van der Waals surface area contributed by atoms with Gasteiger partial charge in [0.1, 0.15) is 0 Å². The lowest BCUT2D eigenvalue weighted by Crippen LogP contribution is -2.55. The molecule has 1 N–H and O–H groups in total. The van der Waals surface area contributed by atoms with Gasteiger partial charge in [-0.1, -0.05) is 6.92 Å². The number of benzene rings is 1. The summed E-state index contributed by atoms with van der Waals surface area (Å²) in [6, 6.07) is 7.33. The lowest BCUT2D eigenvalue weighted by molar-refractivity contribution is 0.0452. The van der Waals surface area contributed by atoms with Gasteiger partial charge in [-0.15, -0.1) is 0 Å². The van der Waals surface area contributed by atoms with Gasteiger partial charge in [0.15, 0.2) is 0 Å². The Bertz CT molecular complexity index is 758. The molecule has 2 aliphatic rings. The Balaban J connectivity index is 1.53. The number of carbonyl (C=O) groups excluding carboxylic acids is 1. The molecule has 1 aromatic carbocycles. The summed E-state index contributed by atoms with van der Waals surface area (Å²) in [4.78, 5) is 19.6. The van der Waals surface area contributed by atoms with Crippen LogP contribution in [-0.2, 0) is 10.0 Å². The highest BCUT2D eigenvalue weighted by Crippen LogP contribution is 2.18. The Hall–Kier alpha value is -1.64. The first-order chi connectivity index (χ1) is 13.4. The number of amides is 1. The van der Waals surface area contributed by atoms with Crippen molar-refractivity contribution in [3.8, 4) is 0 Å². The Morgan fingerprint density at radius 3 is 2.39 bits per heavy atom. The zero-order valence-electron chi connectivity index (χ0n) is 16.9. The Morgan fingerprint density at radius 2 is 1.79 bits per heavy atom. The molecule has 0 aromatic heterocycles. The van der Waals surface area contributed by atoms with Crippen LogP contribution in [0.1, 0.15) is 36.5 Å². The van der Waals surface area contributed by atoms with E-state index in [0.717, 1.165) is 32.7 Å². The van der Waals surface area contributed by atoms with Gasteiger partial charge in [0.25, 0.3) is 5.91 Å². The fourth-order valence-electron chi connectivity index (χ4n) is 4.09. The number of piperidine rings is 1. The van der Waals surface area contributed by atoms with Crippen molar-refractivity contribution in [3.63, 3.8) is 0 Å². The van der Waals surface area contributed by atoms with E-state index in [1.54, 1.807) is 24.3 Å². The molecular weight excluding hydrogens is 376 g/mol. The molecule has 1 aromatic rings. The van der Waals surface area contributed by atoms with Crippen molar-refractivity contribution in [2.45, 2.75) is 32.2 Å². The third kappa shape index (κ3) is 5.46. The van der Waals surface area contributed by atoms with E-state index in [1.807, 2.05) is 11.8 Å². The van der Waals surface area contributed by atoms with E-state index >= 15 is 0 Å². The highest BCUT2D eigenvalue weighted by molar-refractivity contribution is 7.92. The van der Waals surface area contributed by atoms with E-state index in [9.17, 15) is 13.2 Å². The molecule has 2 aliphatic heterocycles. The van der Waals surface area contributed by atoms with Crippen molar-refractivity contribution in [3.05, 3.63) is 29.8 Å². The van der Waals surface area contributed by atoms with Crippen molar-refractivity contribution in [1.82, 2.24) is 14.7 Å². The van der Waals surface area contributed by atoms with Gasteiger partial charge in [-0.3, -0.25) is 14.4 Å². The number of hydrogen-bond acceptors (Lipinski definition) is 5. The van der Waals surface area contributed by atoms with Gasteiger partial charge in [-0.05, 0) is 57.1 Å².